The van der Waals surface area contributed by atoms with Crippen molar-refractivity contribution in [2.45, 2.75) is 6.18 Å². The van der Waals surface area contributed by atoms with Crippen molar-refractivity contribution in [3.63, 3.8) is 0 Å². The Balaban J connectivity index is 1.90. The van der Waals surface area contributed by atoms with Gasteiger partial charge in [-0.25, -0.2) is 4.68 Å². The third-order valence-corrected chi connectivity index (χ3v) is 4.66. The second-order valence-corrected chi connectivity index (χ2v) is 6.68. The van der Waals surface area contributed by atoms with Gasteiger partial charge in [-0.15, -0.1) is 0 Å². The van der Waals surface area contributed by atoms with Crippen molar-refractivity contribution in [2.24, 2.45) is 0 Å². The SMILES string of the molecule is O=C1COc2ccc(-c3cc(C(F)(F)F)nn3-c3ccccc3Br)cc2N1. The highest BCUT2D eigenvalue weighted by molar-refractivity contribution is 9.10. The van der Waals surface area contributed by atoms with E-state index in [2.05, 4.69) is 26.3 Å². The monoisotopic (exact) mass is 437 g/mol. The first-order chi connectivity index (χ1) is 12.8. The highest BCUT2D eigenvalue weighted by Crippen LogP contribution is 2.37. The first-order valence-electron chi connectivity index (χ1n) is 7.82. The zero-order valence-electron chi connectivity index (χ0n) is 13.5. The van der Waals surface area contributed by atoms with Gasteiger partial charge >= 0.3 is 6.18 Å². The molecular formula is C18H11BrF3N3O2. The fourth-order valence-corrected chi connectivity index (χ4v) is 3.23. The molecule has 1 N–H and O–H groups in total. The zero-order chi connectivity index (χ0) is 19.2. The molecule has 1 amide bonds. The van der Waals surface area contributed by atoms with Crippen LogP contribution in [0.15, 0.2) is 53.0 Å². The van der Waals surface area contributed by atoms with E-state index >= 15 is 0 Å². The van der Waals surface area contributed by atoms with Crippen molar-refractivity contribution in [1.82, 2.24) is 9.78 Å². The molecule has 0 unspecified atom stereocenters. The van der Waals surface area contributed by atoms with Gasteiger partial charge in [0, 0.05) is 10.0 Å². The lowest BCUT2D eigenvalue weighted by molar-refractivity contribution is -0.141. The summed E-state index contributed by atoms with van der Waals surface area (Å²) in [4.78, 5) is 11.5. The molecular weight excluding hydrogens is 427 g/mol. The van der Waals surface area contributed by atoms with Crippen LogP contribution in [0.3, 0.4) is 0 Å². The number of hydrogen-bond donors (Lipinski definition) is 1. The first kappa shape index (κ1) is 17.6. The van der Waals surface area contributed by atoms with E-state index < -0.39 is 11.9 Å². The van der Waals surface area contributed by atoms with E-state index in [9.17, 15) is 18.0 Å². The van der Waals surface area contributed by atoms with Crippen LogP contribution in [-0.2, 0) is 11.0 Å². The Labute approximate surface area is 159 Å². The van der Waals surface area contributed by atoms with E-state index in [4.69, 9.17) is 4.74 Å². The molecule has 0 radical (unpaired) electrons. The molecule has 1 aromatic heterocycles. The minimum atomic E-state index is -4.59. The molecule has 2 heterocycles. The van der Waals surface area contributed by atoms with Crippen molar-refractivity contribution in [3.8, 4) is 22.7 Å². The van der Waals surface area contributed by atoms with Crippen LogP contribution in [0.25, 0.3) is 16.9 Å². The van der Waals surface area contributed by atoms with Crippen molar-refractivity contribution in [2.75, 3.05) is 11.9 Å². The quantitative estimate of drug-likeness (QED) is 0.634. The summed E-state index contributed by atoms with van der Waals surface area (Å²) in [6, 6.07) is 12.6. The van der Waals surface area contributed by atoms with Gasteiger partial charge in [-0.1, -0.05) is 12.1 Å². The number of aromatic nitrogens is 2. The molecule has 0 spiro atoms. The number of carbonyl (C=O) groups is 1. The van der Waals surface area contributed by atoms with Gasteiger partial charge in [-0.05, 0) is 52.3 Å². The number of nitrogens with one attached hydrogen (secondary N) is 1. The molecule has 5 nitrogen and oxygen atoms in total. The highest BCUT2D eigenvalue weighted by Gasteiger charge is 2.35. The number of para-hydroxylation sites is 1. The lowest BCUT2D eigenvalue weighted by atomic mass is 10.1. The minimum Gasteiger partial charge on any atom is -0.482 e. The van der Waals surface area contributed by atoms with E-state index in [0.29, 0.717) is 27.2 Å². The number of amides is 1. The van der Waals surface area contributed by atoms with Crippen molar-refractivity contribution < 1.29 is 22.7 Å². The molecule has 0 bridgehead atoms. The molecule has 0 saturated heterocycles. The van der Waals surface area contributed by atoms with Gasteiger partial charge in [0.05, 0.1) is 17.1 Å². The van der Waals surface area contributed by atoms with Gasteiger partial charge in [0.15, 0.2) is 12.3 Å². The average molecular weight is 438 g/mol. The number of anilines is 1. The summed E-state index contributed by atoms with van der Waals surface area (Å²) >= 11 is 3.35. The Hall–Kier alpha value is -2.81. The van der Waals surface area contributed by atoms with Crippen LogP contribution in [0.1, 0.15) is 5.69 Å². The number of nitrogens with zero attached hydrogens (tertiary/aromatic N) is 2. The van der Waals surface area contributed by atoms with Crippen LogP contribution in [0.5, 0.6) is 5.75 Å². The van der Waals surface area contributed by atoms with E-state index in [1.165, 1.54) is 4.68 Å². The van der Waals surface area contributed by atoms with E-state index in [0.717, 1.165) is 6.07 Å². The predicted octanol–water partition coefficient (Wildman–Crippen LogP) is 4.65. The van der Waals surface area contributed by atoms with Crippen LogP contribution in [0.2, 0.25) is 0 Å². The minimum absolute atomic E-state index is 0.0978. The number of benzene rings is 2. The third-order valence-electron chi connectivity index (χ3n) is 3.99. The first-order valence-corrected chi connectivity index (χ1v) is 8.61. The number of ether oxygens (including phenoxy) is 1. The molecule has 2 aromatic carbocycles. The summed E-state index contributed by atoms with van der Waals surface area (Å²) in [6.45, 7) is -0.0978. The van der Waals surface area contributed by atoms with Gasteiger partial charge in [0.1, 0.15) is 5.75 Å². The van der Waals surface area contributed by atoms with Gasteiger partial charge in [0.25, 0.3) is 5.91 Å². The van der Waals surface area contributed by atoms with Crippen LogP contribution in [0, 0.1) is 0 Å². The molecule has 3 aromatic rings. The smallest absolute Gasteiger partial charge is 0.435 e. The number of halogens is 4. The maximum Gasteiger partial charge on any atom is 0.435 e. The zero-order valence-corrected chi connectivity index (χ0v) is 15.1. The number of rotatable bonds is 2. The topological polar surface area (TPSA) is 56.1 Å². The predicted molar refractivity (Wildman–Crippen MR) is 95.8 cm³/mol. The summed E-state index contributed by atoms with van der Waals surface area (Å²) in [5.74, 6) is 0.135. The van der Waals surface area contributed by atoms with E-state index in [1.54, 1.807) is 42.5 Å². The molecule has 138 valence electrons. The Morgan fingerprint density at radius 3 is 2.67 bits per heavy atom. The molecule has 1 aliphatic rings. The number of carbonyl (C=O) groups excluding carboxylic acids is 1. The Morgan fingerprint density at radius 2 is 1.93 bits per heavy atom. The molecule has 1 aliphatic heterocycles. The standard InChI is InChI=1S/C18H11BrF3N3O2/c19-11-3-1-2-4-13(11)25-14(8-16(24-25)18(20,21)22)10-5-6-15-12(7-10)23-17(26)9-27-15/h1-8H,9H2,(H,23,26). The largest absolute Gasteiger partial charge is 0.482 e. The summed E-state index contributed by atoms with van der Waals surface area (Å²) in [7, 11) is 0. The molecule has 27 heavy (non-hydrogen) atoms. The van der Waals surface area contributed by atoms with Crippen molar-refractivity contribution >= 4 is 27.5 Å². The summed E-state index contributed by atoms with van der Waals surface area (Å²) in [5.41, 5.74) is 0.541. The maximum atomic E-state index is 13.3. The van der Waals surface area contributed by atoms with Gasteiger partial charge in [-0.3, -0.25) is 4.79 Å². The third kappa shape index (κ3) is 3.30. The van der Waals surface area contributed by atoms with E-state index in [1.807, 2.05) is 0 Å². The normalized spacial score (nSPS) is 13.7. The molecule has 0 fully saturated rings. The highest BCUT2D eigenvalue weighted by atomic mass is 79.9. The van der Waals surface area contributed by atoms with Crippen LogP contribution in [0.4, 0.5) is 18.9 Å². The van der Waals surface area contributed by atoms with Crippen molar-refractivity contribution in [3.05, 3.63) is 58.7 Å². The maximum absolute atomic E-state index is 13.3. The molecule has 9 heteroatoms. The Morgan fingerprint density at radius 1 is 1.15 bits per heavy atom. The fraction of sp³-hybridized carbons (Fsp3) is 0.111. The lowest BCUT2D eigenvalue weighted by Crippen LogP contribution is -2.25. The number of fused-ring (bicyclic) bond motifs is 1. The van der Waals surface area contributed by atoms with Gasteiger partial charge in [-0.2, -0.15) is 18.3 Å². The second kappa shape index (κ2) is 6.41. The fourth-order valence-electron chi connectivity index (χ4n) is 2.77. The average Bonchev–Trinajstić information content (AvgIpc) is 3.07. The summed E-state index contributed by atoms with van der Waals surface area (Å²) in [6.07, 6.45) is -4.59. The molecule has 0 saturated carbocycles. The Bertz CT molecular complexity index is 1050. The lowest BCUT2D eigenvalue weighted by Gasteiger charge is -2.18. The van der Waals surface area contributed by atoms with Crippen molar-refractivity contribution in [1.29, 1.82) is 0 Å². The van der Waals surface area contributed by atoms with Gasteiger partial charge < -0.3 is 10.1 Å². The molecule has 0 aliphatic carbocycles. The Kier molecular flexibility index (Phi) is 4.18. The van der Waals surface area contributed by atoms with E-state index in [-0.39, 0.29) is 18.2 Å². The summed E-state index contributed by atoms with van der Waals surface area (Å²) < 4.78 is 46.9. The molecule has 0 atom stereocenters. The number of alkyl halides is 3. The van der Waals surface area contributed by atoms with Crippen LogP contribution < -0.4 is 10.1 Å². The van der Waals surface area contributed by atoms with Crippen LogP contribution >= 0.6 is 15.9 Å². The molecule has 4 rings (SSSR count). The number of hydrogen-bond acceptors (Lipinski definition) is 3. The van der Waals surface area contributed by atoms with Crippen LogP contribution in [-0.4, -0.2) is 22.3 Å². The second-order valence-electron chi connectivity index (χ2n) is 5.82. The van der Waals surface area contributed by atoms with Gasteiger partial charge in [0.2, 0.25) is 0 Å². The summed E-state index contributed by atoms with van der Waals surface area (Å²) in [5, 5.41) is 6.41.